The zero-order valence-corrected chi connectivity index (χ0v) is 20.3. The SMILES string of the molecule is Nc1ccc(N)c(OCCCS(=O)(=O)O)c1.Nc1ccc2cc(S(=O)(=O)O)cc(S(=O)(=O)O)c2c1. The van der Waals surface area contributed by atoms with Crippen LogP contribution in [0.3, 0.4) is 0 Å². The first-order valence-electron chi connectivity index (χ1n) is 9.48. The first kappa shape index (κ1) is 28.1. The fourth-order valence-corrected chi connectivity index (χ4v) is 4.61. The van der Waals surface area contributed by atoms with Crippen LogP contribution in [0.4, 0.5) is 17.1 Å². The summed E-state index contributed by atoms with van der Waals surface area (Å²) in [4.78, 5) is -1.26. The van der Waals surface area contributed by atoms with Gasteiger partial charge in [0.2, 0.25) is 0 Å². The third-order valence-electron chi connectivity index (χ3n) is 4.33. The lowest BCUT2D eigenvalue weighted by Crippen LogP contribution is -2.09. The van der Waals surface area contributed by atoms with Gasteiger partial charge >= 0.3 is 0 Å². The van der Waals surface area contributed by atoms with Crippen LogP contribution in [0.25, 0.3) is 10.8 Å². The van der Waals surface area contributed by atoms with E-state index in [0.717, 1.165) is 6.07 Å². The topological polar surface area (TPSA) is 250 Å². The van der Waals surface area contributed by atoms with E-state index in [1.165, 1.54) is 18.2 Å². The smallest absolute Gasteiger partial charge is 0.295 e. The molecule has 0 fully saturated rings. The molecule has 16 heteroatoms. The number of hydrogen-bond donors (Lipinski definition) is 6. The van der Waals surface area contributed by atoms with Crippen LogP contribution in [0.15, 0.2) is 58.3 Å². The van der Waals surface area contributed by atoms with Crippen molar-refractivity contribution in [1.82, 2.24) is 0 Å². The normalized spacial score (nSPS) is 12.1. The van der Waals surface area contributed by atoms with E-state index in [2.05, 4.69) is 0 Å². The summed E-state index contributed by atoms with van der Waals surface area (Å²) in [5.74, 6) is 0.0743. The monoisotopic (exact) mass is 549 g/mol. The highest BCUT2D eigenvalue weighted by molar-refractivity contribution is 7.87. The van der Waals surface area contributed by atoms with Crippen molar-refractivity contribution in [3.63, 3.8) is 0 Å². The Labute approximate surface area is 201 Å². The van der Waals surface area contributed by atoms with Gasteiger partial charge in [0, 0.05) is 22.8 Å². The molecule has 0 saturated heterocycles. The molecule has 3 aromatic carbocycles. The van der Waals surface area contributed by atoms with Crippen LogP contribution < -0.4 is 21.9 Å². The molecule has 0 bridgehead atoms. The van der Waals surface area contributed by atoms with E-state index in [0.29, 0.717) is 23.2 Å². The molecule has 13 nitrogen and oxygen atoms in total. The molecule has 0 amide bonds. The van der Waals surface area contributed by atoms with Crippen LogP contribution in [-0.2, 0) is 30.4 Å². The fourth-order valence-electron chi connectivity index (χ4n) is 2.78. The van der Waals surface area contributed by atoms with Gasteiger partial charge in [-0.3, -0.25) is 13.7 Å². The molecule has 0 heterocycles. The average Bonchev–Trinajstić information content (AvgIpc) is 2.71. The molecule has 3 aromatic rings. The summed E-state index contributed by atoms with van der Waals surface area (Å²) in [6.07, 6.45) is 0.188. The number of ether oxygens (including phenoxy) is 1. The number of hydrogen-bond acceptors (Lipinski definition) is 10. The first-order chi connectivity index (χ1) is 16.0. The van der Waals surface area contributed by atoms with Crippen molar-refractivity contribution < 1.29 is 43.6 Å². The van der Waals surface area contributed by atoms with Gasteiger partial charge < -0.3 is 21.9 Å². The summed E-state index contributed by atoms with van der Waals surface area (Å²) < 4.78 is 97.3. The van der Waals surface area contributed by atoms with E-state index in [4.69, 9.17) is 35.6 Å². The highest BCUT2D eigenvalue weighted by atomic mass is 32.2. The molecule has 0 aliphatic rings. The lowest BCUT2D eigenvalue weighted by Gasteiger charge is -2.08. The van der Waals surface area contributed by atoms with E-state index in [1.54, 1.807) is 18.2 Å². The number of benzene rings is 3. The molecule has 9 N–H and O–H groups in total. The quantitative estimate of drug-likeness (QED) is 0.139. The minimum Gasteiger partial charge on any atom is -0.491 e. The van der Waals surface area contributed by atoms with Gasteiger partial charge in [0.25, 0.3) is 30.4 Å². The van der Waals surface area contributed by atoms with Crippen molar-refractivity contribution in [1.29, 1.82) is 0 Å². The Morgan fingerprint density at radius 3 is 1.91 bits per heavy atom. The minimum absolute atomic E-state index is 0.0647. The Balaban J connectivity index is 0.000000251. The maximum absolute atomic E-state index is 11.3. The van der Waals surface area contributed by atoms with Gasteiger partial charge in [-0.05, 0) is 48.2 Å². The predicted octanol–water partition coefficient (Wildman–Crippen LogP) is 1.42. The Morgan fingerprint density at radius 2 is 1.34 bits per heavy atom. The molecular formula is C19H23N3O10S3. The Hall–Kier alpha value is -3.15. The van der Waals surface area contributed by atoms with Crippen molar-refractivity contribution in [3.8, 4) is 5.75 Å². The Kier molecular flexibility index (Phi) is 8.53. The summed E-state index contributed by atoms with van der Waals surface area (Å²) in [6, 6.07) is 10.7. The summed E-state index contributed by atoms with van der Waals surface area (Å²) in [5, 5.41) is 0.270. The number of rotatable bonds is 7. The first-order valence-corrected chi connectivity index (χ1v) is 14.0. The zero-order valence-electron chi connectivity index (χ0n) is 17.9. The summed E-state index contributed by atoms with van der Waals surface area (Å²) in [5.41, 5.74) is 17.8. The molecule has 0 radical (unpaired) electrons. The number of anilines is 3. The highest BCUT2D eigenvalue weighted by Crippen LogP contribution is 2.28. The number of fused-ring (bicyclic) bond motifs is 1. The van der Waals surface area contributed by atoms with Gasteiger partial charge in [-0.15, -0.1) is 0 Å². The van der Waals surface area contributed by atoms with Gasteiger partial charge in [-0.2, -0.15) is 25.3 Å². The maximum Gasteiger partial charge on any atom is 0.295 e. The van der Waals surface area contributed by atoms with Crippen molar-refractivity contribution in [2.75, 3.05) is 29.6 Å². The van der Waals surface area contributed by atoms with Crippen molar-refractivity contribution in [3.05, 3.63) is 48.5 Å². The van der Waals surface area contributed by atoms with Crippen LogP contribution in [0.5, 0.6) is 5.75 Å². The van der Waals surface area contributed by atoms with E-state index in [1.807, 2.05) is 0 Å². The fraction of sp³-hybridized carbons (Fsp3) is 0.158. The van der Waals surface area contributed by atoms with Crippen molar-refractivity contribution in [2.45, 2.75) is 16.2 Å². The van der Waals surface area contributed by atoms with Gasteiger partial charge in [0.1, 0.15) is 10.6 Å². The Bertz CT molecular complexity index is 1550. The Morgan fingerprint density at radius 1 is 0.743 bits per heavy atom. The maximum atomic E-state index is 11.3. The van der Waals surface area contributed by atoms with Crippen LogP contribution >= 0.6 is 0 Å². The highest BCUT2D eigenvalue weighted by Gasteiger charge is 2.20. The van der Waals surface area contributed by atoms with Gasteiger partial charge in [0.05, 0.1) is 22.9 Å². The van der Waals surface area contributed by atoms with Crippen LogP contribution in [0.2, 0.25) is 0 Å². The molecule has 0 spiro atoms. The minimum atomic E-state index is -4.66. The number of nitrogens with two attached hydrogens (primary N) is 3. The lowest BCUT2D eigenvalue weighted by atomic mass is 10.1. The zero-order chi connectivity index (χ0) is 26.6. The molecule has 192 valence electrons. The van der Waals surface area contributed by atoms with Crippen molar-refractivity contribution >= 4 is 58.2 Å². The molecule has 0 unspecified atom stereocenters. The predicted molar refractivity (Wildman–Crippen MR) is 130 cm³/mol. The van der Waals surface area contributed by atoms with Gasteiger partial charge in [-0.25, -0.2) is 0 Å². The summed E-state index contributed by atoms with van der Waals surface area (Å²) in [7, 11) is -13.2. The molecule has 0 atom stereocenters. The van der Waals surface area contributed by atoms with Gasteiger partial charge in [-0.1, -0.05) is 6.07 Å². The largest absolute Gasteiger partial charge is 0.491 e. The molecule has 0 aliphatic carbocycles. The molecule has 35 heavy (non-hydrogen) atoms. The molecule has 3 rings (SSSR count). The molecule has 0 aromatic heterocycles. The summed E-state index contributed by atoms with van der Waals surface area (Å²) in [6.45, 7) is 0.146. The summed E-state index contributed by atoms with van der Waals surface area (Å²) >= 11 is 0. The lowest BCUT2D eigenvalue weighted by molar-refractivity contribution is 0.318. The van der Waals surface area contributed by atoms with Gasteiger partial charge in [0.15, 0.2) is 0 Å². The third-order valence-corrected chi connectivity index (χ3v) is 6.86. The van der Waals surface area contributed by atoms with Crippen molar-refractivity contribution in [2.24, 2.45) is 0 Å². The van der Waals surface area contributed by atoms with E-state index >= 15 is 0 Å². The van der Waals surface area contributed by atoms with E-state index in [-0.39, 0.29) is 35.2 Å². The van der Waals surface area contributed by atoms with Crippen LogP contribution in [0.1, 0.15) is 6.42 Å². The van der Waals surface area contributed by atoms with Crippen LogP contribution in [-0.4, -0.2) is 51.3 Å². The van der Waals surface area contributed by atoms with Crippen LogP contribution in [0, 0.1) is 0 Å². The second-order valence-electron chi connectivity index (χ2n) is 7.14. The average molecular weight is 550 g/mol. The third kappa shape index (κ3) is 8.53. The standard InChI is InChI=1S/C10H9NO6S2.C9H14N2O4S/c11-7-2-1-6-3-8(18(12,13)14)5-10(9(6)4-7)19(15,16)17;10-7-2-3-8(11)9(6-7)15-4-1-5-16(12,13)14/h1-5H,11H2,(H,12,13,14)(H,15,16,17);2-3,6H,1,4-5,10-11H2,(H,12,13,14). The van der Waals surface area contributed by atoms with E-state index < -0.39 is 40.1 Å². The molecular weight excluding hydrogens is 526 g/mol. The second-order valence-corrected chi connectivity index (χ2v) is 11.5. The second kappa shape index (κ2) is 10.6. The molecule has 0 saturated carbocycles. The molecule has 0 aliphatic heterocycles. The van der Waals surface area contributed by atoms with E-state index in [9.17, 15) is 25.3 Å². The number of nitrogen functional groups attached to an aromatic ring is 3.